The van der Waals surface area contributed by atoms with Crippen molar-refractivity contribution >= 4 is 44.6 Å². The van der Waals surface area contributed by atoms with Crippen LogP contribution >= 0.6 is 11.3 Å². The Kier molecular flexibility index (Phi) is 6.80. The maximum Gasteiger partial charge on any atom is 0.435 e. The molecule has 37 heavy (non-hydrogen) atoms. The van der Waals surface area contributed by atoms with E-state index in [1.807, 2.05) is 0 Å². The van der Waals surface area contributed by atoms with Crippen LogP contribution in [0.3, 0.4) is 0 Å². The van der Waals surface area contributed by atoms with E-state index in [1.54, 1.807) is 0 Å². The molecule has 9 nitrogen and oxygen atoms in total. The van der Waals surface area contributed by atoms with Crippen LogP contribution in [-0.4, -0.2) is 35.2 Å². The van der Waals surface area contributed by atoms with Crippen molar-refractivity contribution < 1.29 is 36.3 Å². The fraction of sp³-hybridized carbons (Fsp3) is 0.0870. The second-order valence-electron chi connectivity index (χ2n) is 7.68. The van der Waals surface area contributed by atoms with E-state index in [1.165, 1.54) is 67.7 Å². The van der Waals surface area contributed by atoms with Gasteiger partial charge in [0, 0.05) is 24.0 Å². The lowest BCUT2D eigenvalue weighted by molar-refractivity contribution is -0.141. The number of carboxylic acid groups (broad SMARTS) is 1. The summed E-state index contributed by atoms with van der Waals surface area (Å²) in [6.07, 6.45) is -4.64. The van der Waals surface area contributed by atoms with Gasteiger partial charge in [-0.1, -0.05) is 6.07 Å². The van der Waals surface area contributed by atoms with Gasteiger partial charge in [-0.3, -0.25) is 14.2 Å². The van der Waals surface area contributed by atoms with Crippen molar-refractivity contribution in [3.63, 3.8) is 0 Å². The molecule has 2 aromatic heterocycles. The predicted octanol–water partition coefficient (Wildman–Crippen LogP) is 4.92. The van der Waals surface area contributed by atoms with Gasteiger partial charge in [-0.25, -0.2) is 13.2 Å². The molecule has 4 rings (SSSR count). The Morgan fingerprint density at radius 1 is 0.973 bits per heavy atom. The molecule has 2 heterocycles. The largest absolute Gasteiger partial charge is 0.478 e. The minimum absolute atomic E-state index is 0.0512. The number of halogens is 3. The molecule has 3 N–H and O–H groups in total. The molecule has 0 unspecified atom stereocenters. The van der Waals surface area contributed by atoms with E-state index in [0.29, 0.717) is 5.69 Å². The second kappa shape index (κ2) is 9.71. The molecule has 0 aliphatic rings. The molecule has 0 spiro atoms. The molecular weight excluding hydrogens is 533 g/mol. The Hall–Kier alpha value is -4.17. The van der Waals surface area contributed by atoms with E-state index in [4.69, 9.17) is 5.11 Å². The predicted molar refractivity (Wildman–Crippen MR) is 130 cm³/mol. The zero-order valence-corrected chi connectivity index (χ0v) is 20.4. The number of aromatic carboxylic acids is 1. The zero-order valence-electron chi connectivity index (χ0n) is 18.8. The highest BCUT2D eigenvalue weighted by molar-refractivity contribution is 7.94. The number of benzene rings is 2. The maximum absolute atomic E-state index is 13.0. The van der Waals surface area contributed by atoms with Gasteiger partial charge in [0.05, 0.1) is 16.1 Å². The summed E-state index contributed by atoms with van der Waals surface area (Å²) in [5.41, 5.74) is -0.374. The molecule has 2 aromatic carbocycles. The number of nitrogens with zero attached hydrogens (tertiary/aromatic N) is 2. The molecule has 0 radical (unpaired) electrons. The van der Waals surface area contributed by atoms with Crippen molar-refractivity contribution in [2.75, 3.05) is 10.0 Å². The van der Waals surface area contributed by atoms with Crippen LogP contribution in [0.2, 0.25) is 0 Å². The van der Waals surface area contributed by atoms with Crippen LogP contribution in [0.5, 0.6) is 0 Å². The first-order valence-electron chi connectivity index (χ1n) is 10.3. The van der Waals surface area contributed by atoms with Gasteiger partial charge in [-0.2, -0.15) is 18.3 Å². The van der Waals surface area contributed by atoms with Crippen LogP contribution in [0.4, 0.5) is 24.5 Å². The number of carbonyl (C=O) groups excluding carboxylic acids is 1. The second-order valence-corrected chi connectivity index (χ2v) is 10.7. The van der Waals surface area contributed by atoms with Crippen LogP contribution in [0, 0.1) is 0 Å². The smallest absolute Gasteiger partial charge is 0.435 e. The Bertz CT molecular complexity index is 1590. The number of anilines is 2. The Balaban J connectivity index is 1.50. The summed E-state index contributed by atoms with van der Waals surface area (Å²) in [6.45, 7) is 0. The van der Waals surface area contributed by atoms with E-state index in [0.717, 1.165) is 22.1 Å². The average molecular weight is 551 g/mol. The summed E-state index contributed by atoms with van der Waals surface area (Å²) >= 11 is 0.766. The van der Waals surface area contributed by atoms with Crippen molar-refractivity contribution in [2.24, 2.45) is 7.05 Å². The number of nitrogens with one attached hydrogen (secondary N) is 2. The van der Waals surface area contributed by atoms with Crippen molar-refractivity contribution in [3.05, 3.63) is 83.6 Å². The number of hydrogen-bond acceptors (Lipinski definition) is 6. The van der Waals surface area contributed by atoms with Gasteiger partial charge in [-0.05, 0) is 60.7 Å². The normalized spacial score (nSPS) is 11.8. The quantitative estimate of drug-likeness (QED) is 0.300. The lowest BCUT2D eigenvalue weighted by Gasteiger charge is -2.09. The van der Waals surface area contributed by atoms with Gasteiger partial charge < -0.3 is 10.4 Å². The summed E-state index contributed by atoms with van der Waals surface area (Å²) in [6, 6.07) is 14.6. The molecule has 0 aliphatic heterocycles. The van der Waals surface area contributed by atoms with Crippen LogP contribution < -0.4 is 10.0 Å². The molecule has 14 heteroatoms. The van der Waals surface area contributed by atoms with Gasteiger partial charge in [0.15, 0.2) is 5.69 Å². The first kappa shape index (κ1) is 25.9. The van der Waals surface area contributed by atoms with Crippen LogP contribution in [0.1, 0.15) is 26.4 Å². The van der Waals surface area contributed by atoms with Gasteiger partial charge in [0.2, 0.25) is 0 Å². The van der Waals surface area contributed by atoms with Crippen LogP contribution in [-0.2, 0) is 23.2 Å². The number of thiophene rings is 1. The molecule has 1 amide bonds. The fourth-order valence-corrected chi connectivity index (χ4v) is 5.67. The van der Waals surface area contributed by atoms with Gasteiger partial charge >= 0.3 is 12.1 Å². The minimum Gasteiger partial charge on any atom is -0.478 e. The number of aryl methyl sites for hydroxylation is 1. The fourth-order valence-electron chi connectivity index (χ4n) is 3.27. The lowest BCUT2D eigenvalue weighted by Crippen LogP contribution is -2.14. The summed E-state index contributed by atoms with van der Waals surface area (Å²) < 4.78 is 67.9. The first-order chi connectivity index (χ1) is 17.3. The Morgan fingerprint density at radius 3 is 2.30 bits per heavy atom. The van der Waals surface area contributed by atoms with Crippen LogP contribution in [0.15, 0.2) is 70.9 Å². The minimum atomic E-state index is -4.64. The number of carboxylic acids is 1. The van der Waals surface area contributed by atoms with E-state index >= 15 is 0 Å². The highest BCUT2D eigenvalue weighted by Crippen LogP contribution is 2.35. The SMILES string of the molecule is Cn1nc(C(F)(F)F)cc1-c1ccc(S(=O)(=O)Nc2cccc(C(=O)Nc3ccc(C(=O)O)cc3)c2)s1. The molecule has 0 saturated carbocycles. The van der Waals surface area contributed by atoms with Gasteiger partial charge in [0.1, 0.15) is 4.21 Å². The maximum atomic E-state index is 13.0. The van der Waals surface area contributed by atoms with Crippen molar-refractivity contribution in [2.45, 2.75) is 10.4 Å². The van der Waals surface area contributed by atoms with E-state index in [2.05, 4.69) is 15.1 Å². The zero-order chi connectivity index (χ0) is 27.0. The topological polar surface area (TPSA) is 130 Å². The molecular formula is C23H17F3N4O5S2. The van der Waals surface area contributed by atoms with Crippen molar-refractivity contribution in [1.29, 1.82) is 0 Å². The van der Waals surface area contributed by atoms with Crippen LogP contribution in [0.25, 0.3) is 10.6 Å². The van der Waals surface area contributed by atoms with Crippen molar-refractivity contribution in [1.82, 2.24) is 9.78 Å². The first-order valence-corrected chi connectivity index (χ1v) is 12.6. The number of carbonyl (C=O) groups is 2. The molecule has 0 aliphatic carbocycles. The number of rotatable bonds is 7. The Labute approximate surface area is 212 Å². The summed E-state index contributed by atoms with van der Waals surface area (Å²) in [5.74, 6) is -1.67. The van der Waals surface area contributed by atoms with Gasteiger partial charge in [-0.15, -0.1) is 11.3 Å². The van der Waals surface area contributed by atoms with E-state index in [-0.39, 0.29) is 31.6 Å². The summed E-state index contributed by atoms with van der Waals surface area (Å²) in [5, 5.41) is 15.0. The average Bonchev–Trinajstić information content (AvgIpc) is 3.46. The third-order valence-electron chi connectivity index (χ3n) is 5.04. The van der Waals surface area contributed by atoms with Crippen molar-refractivity contribution in [3.8, 4) is 10.6 Å². The standard InChI is InChI=1S/C23H17F3N4O5S2/c1-30-17(12-19(28-30)23(24,25)26)18-9-10-20(36-18)37(34,35)29-16-4-2-3-14(11-16)21(31)27-15-7-5-13(6-8-15)22(32)33/h2-12,29H,1H3,(H,27,31)(H,32,33). The van der Waals surface area contributed by atoms with E-state index in [9.17, 15) is 31.2 Å². The number of amides is 1. The summed E-state index contributed by atoms with van der Waals surface area (Å²) in [7, 11) is -2.79. The molecule has 0 saturated heterocycles. The summed E-state index contributed by atoms with van der Waals surface area (Å²) in [4.78, 5) is 23.8. The van der Waals surface area contributed by atoms with E-state index < -0.39 is 33.8 Å². The molecule has 4 aromatic rings. The highest BCUT2D eigenvalue weighted by Gasteiger charge is 2.35. The molecule has 0 bridgehead atoms. The highest BCUT2D eigenvalue weighted by atomic mass is 32.2. The molecule has 0 atom stereocenters. The molecule has 192 valence electrons. The molecule has 0 fully saturated rings. The number of alkyl halides is 3. The van der Waals surface area contributed by atoms with Gasteiger partial charge in [0.25, 0.3) is 15.9 Å². The third-order valence-corrected chi connectivity index (χ3v) is 8.02. The monoisotopic (exact) mass is 550 g/mol. The number of aromatic nitrogens is 2. The Morgan fingerprint density at radius 2 is 1.68 bits per heavy atom. The number of hydrogen-bond donors (Lipinski definition) is 3. The lowest BCUT2D eigenvalue weighted by atomic mass is 10.1. The third kappa shape index (κ3) is 5.81. The number of sulfonamides is 1.